The van der Waals surface area contributed by atoms with E-state index in [1.165, 1.54) is 6.42 Å². The van der Waals surface area contributed by atoms with Crippen molar-refractivity contribution in [3.63, 3.8) is 0 Å². The van der Waals surface area contributed by atoms with E-state index in [0.717, 1.165) is 31.9 Å². The van der Waals surface area contributed by atoms with E-state index < -0.39 is 9.84 Å². The summed E-state index contributed by atoms with van der Waals surface area (Å²) < 4.78 is 22.3. The second-order valence-corrected chi connectivity index (χ2v) is 7.57. The van der Waals surface area contributed by atoms with Gasteiger partial charge in [0.1, 0.15) is 5.75 Å². The van der Waals surface area contributed by atoms with Crippen LogP contribution in [0.1, 0.15) is 32.1 Å². The first-order valence-electron chi connectivity index (χ1n) is 5.97. The number of rotatable bonds is 5. The van der Waals surface area contributed by atoms with Crippen LogP contribution >= 0.6 is 15.9 Å². The number of alkyl halides is 1. The van der Waals surface area contributed by atoms with Gasteiger partial charge in [0.25, 0.3) is 0 Å². The Morgan fingerprint density at radius 3 is 2.35 bits per heavy atom. The minimum Gasteiger partial charge on any atom is -0.338 e. The molecule has 0 saturated heterocycles. The summed E-state index contributed by atoms with van der Waals surface area (Å²) >= 11 is 3.32. The third-order valence-electron chi connectivity index (χ3n) is 3.05. The first kappa shape index (κ1) is 15.0. The average Bonchev–Trinajstić information content (AvgIpc) is 2.24. The molecule has 4 nitrogen and oxygen atoms in total. The summed E-state index contributed by atoms with van der Waals surface area (Å²) in [6, 6.07) is 0.232. The predicted octanol–water partition coefficient (Wildman–Crippen LogP) is 1.59. The SMILES string of the molecule is CS(=O)(=O)CC(=O)N(CCBr)C1CCCCC1. The number of carbonyl (C=O) groups is 1. The Kier molecular flexibility index (Phi) is 5.92. The predicted molar refractivity (Wildman–Crippen MR) is 72.1 cm³/mol. The van der Waals surface area contributed by atoms with Crippen molar-refractivity contribution in [2.45, 2.75) is 38.1 Å². The molecule has 6 heteroatoms. The fourth-order valence-corrected chi connectivity index (χ4v) is 3.30. The molecule has 0 spiro atoms. The summed E-state index contributed by atoms with van der Waals surface area (Å²) in [5.74, 6) is -0.616. The van der Waals surface area contributed by atoms with Crippen LogP contribution in [0.25, 0.3) is 0 Å². The number of hydrogen-bond acceptors (Lipinski definition) is 3. The van der Waals surface area contributed by atoms with Gasteiger partial charge in [-0.25, -0.2) is 8.42 Å². The van der Waals surface area contributed by atoms with Gasteiger partial charge < -0.3 is 4.90 Å². The minimum atomic E-state index is -3.23. The zero-order chi connectivity index (χ0) is 12.9. The van der Waals surface area contributed by atoms with Crippen molar-refractivity contribution in [2.24, 2.45) is 0 Å². The van der Waals surface area contributed by atoms with Crippen LogP contribution in [-0.4, -0.2) is 49.2 Å². The molecular formula is C11H20BrNO3S. The van der Waals surface area contributed by atoms with Crippen molar-refractivity contribution in [1.82, 2.24) is 4.90 Å². The van der Waals surface area contributed by atoms with E-state index in [0.29, 0.717) is 11.9 Å². The second kappa shape index (κ2) is 6.73. The van der Waals surface area contributed by atoms with Crippen LogP contribution in [0, 0.1) is 0 Å². The first-order chi connectivity index (χ1) is 7.94. The van der Waals surface area contributed by atoms with E-state index in [9.17, 15) is 13.2 Å². The van der Waals surface area contributed by atoms with E-state index in [1.54, 1.807) is 4.90 Å². The zero-order valence-electron chi connectivity index (χ0n) is 10.2. The van der Waals surface area contributed by atoms with Gasteiger partial charge in [-0.1, -0.05) is 35.2 Å². The van der Waals surface area contributed by atoms with Crippen LogP contribution in [0.2, 0.25) is 0 Å². The second-order valence-electron chi connectivity index (χ2n) is 4.64. The number of amides is 1. The topological polar surface area (TPSA) is 54.5 Å². The van der Waals surface area contributed by atoms with Gasteiger partial charge in [0.05, 0.1) is 0 Å². The van der Waals surface area contributed by atoms with Crippen LogP contribution in [0.15, 0.2) is 0 Å². The molecule has 0 aromatic carbocycles. The summed E-state index contributed by atoms with van der Waals surface area (Å²) in [5, 5.41) is 0.693. The lowest BCUT2D eigenvalue weighted by Gasteiger charge is -2.34. The molecule has 1 aliphatic rings. The van der Waals surface area contributed by atoms with E-state index in [1.807, 2.05) is 0 Å². The highest BCUT2D eigenvalue weighted by atomic mass is 79.9. The molecule has 0 aromatic heterocycles. The molecule has 0 unspecified atom stereocenters. The highest BCUT2D eigenvalue weighted by Gasteiger charge is 2.26. The standard InChI is InChI=1S/C11H20BrNO3S/c1-17(15,16)9-11(14)13(8-7-12)10-5-3-2-4-6-10/h10H,2-9H2,1H3. The molecule has 0 aliphatic heterocycles. The zero-order valence-corrected chi connectivity index (χ0v) is 12.6. The lowest BCUT2D eigenvalue weighted by molar-refractivity contribution is -0.131. The molecule has 0 aromatic rings. The Hall–Kier alpha value is -0.100. The Labute approximate surface area is 112 Å². The maximum absolute atomic E-state index is 12.0. The van der Waals surface area contributed by atoms with Gasteiger partial charge in [-0.15, -0.1) is 0 Å². The summed E-state index contributed by atoms with van der Waals surface area (Å²) in [6.45, 7) is 0.596. The quantitative estimate of drug-likeness (QED) is 0.721. The van der Waals surface area contributed by atoms with Crippen molar-refractivity contribution in [2.75, 3.05) is 23.9 Å². The van der Waals surface area contributed by atoms with Crippen LogP contribution < -0.4 is 0 Å². The van der Waals surface area contributed by atoms with Gasteiger partial charge in [-0.2, -0.15) is 0 Å². The van der Waals surface area contributed by atoms with E-state index in [4.69, 9.17) is 0 Å². The number of sulfone groups is 1. The normalized spacial score (nSPS) is 18.0. The molecule has 1 saturated carbocycles. The van der Waals surface area contributed by atoms with Crippen molar-refractivity contribution in [1.29, 1.82) is 0 Å². The maximum Gasteiger partial charge on any atom is 0.238 e. The molecule has 0 radical (unpaired) electrons. The van der Waals surface area contributed by atoms with Crippen molar-refractivity contribution in [3.05, 3.63) is 0 Å². The molecule has 1 rings (SSSR count). The number of carbonyl (C=O) groups excluding carboxylic acids is 1. The summed E-state index contributed by atoms with van der Waals surface area (Å²) in [7, 11) is -3.23. The number of nitrogens with zero attached hydrogens (tertiary/aromatic N) is 1. The van der Waals surface area contributed by atoms with Crippen LogP contribution in [0.3, 0.4) is 0 Å². The third-order valence-corrected chi connectivity index (χ3v) is 4.17. The molecular weight excluding hydrogens is 306 g/mol. The highest BCUT2D eigenvalue weighted by Crippen LogP contribution is 2.23. The largest absolute Gasteiger partial charge is 0.338 e. The van der Waals surface area contributed by atoms with Gasteiger partial charge in [0.15, 0.2) is 9.84 Å². The fraction of sp³-hybridized carbons (Fsp3) is 0.909. The minimum absolute atomic E-state index is 0.232. The first-order valence-corrected chi connectivity index (χ1v) is 9.15. The van der Waals surface area contributed by atoms with Crippen LogP contribution in [-0.2, 0) is 14.6 Å². The van der Waals surface area contributed by atoms with E-state index >= 15 is 0 Å². The molecule has 0 heterocycles. The molecule has 17 heavy (non-hydrogen) atoms. The van der Waals surface area contributed by atoms with Gasteiger partial charge >= 0.3 is 0 Å². The number of hydrogen-bond donors (Lipinski definition) is 0. The van der Waals surface area contributed by atoms with Crippen LogP contribution in [0.4, 0.5) is 0 Å². The Morgan fingerprint density at radius 2 is 1.88 bits per heavy atom. The molecule has 1 fully saturated rings. The van der Waals surface area contributed by atoms with E-state index in [-0.39, 0.29) is 17.7 Å². The average molecular weight is 326 g/mol. The smallest absolute Gasteiger partial charge is 0.238 e. The molecule has 0 bridgehead atoms. The Bertz CT molecular complexity index is 350. The van der Waals surface area contributed by atoms with Crippen molar-refractivity contribution >= 4 is 31.7 Å². The molecule has 0 N–H and O–H groups in total. The summed E-state index contributed by atoms with van der Waals surface area (Å²) in [4.78, 5) is 13.7. The third kappa shape index (κ3) is 5.38. The van der Waals surface area contributed by atoms with Crippen LogP contribution in [0.5, 0.6) is 0 Å². The van der Waals surface area contributed by atoms with E-state index in [2.05, 4.69) is 15.9 Å². The lowest BCUT2D eigenvalue weighted by atomic mass is 9.94. The van der Waals surface area contributed by atoms with Crippen molar-refractivity contribution < 1.29 is 13.2 Å². The lowest BCUT2D eigenvalue weighted by Crippen LogP contribution is -2.45. The summed E-state index contributed by atoms with van der Waals surface area (Å²) in [5.41, 5.74) is 0. The van der Waals surface area contributed by atoms with Gasteiger partial charge in [0, 0.05) is 24.2 Å². The monoisotopic (exact) mass is 325 g/mol. The molecule has 1 amide bonds. The van der Waals surface area contributed by atoms with Gasteiger partial charge in [-0.3, -0.25) is 4.79 Å². The number of halogens is 1. The summed E-state index contributed by atoms with van der Waals surface area (Å²) in [6.07, 6.45) is 6.60. The fourth-order valence-electron chi connectivity index (χ4n) is 2.30. The Morgan fingerprint density at radius 1 is 1.29 bits per heavy atom. The maximum atomic E-state index is 12.0. The molecule has 100 valence electrons. The molecule has 1 aliphatic carbocycles. The van der Waals surface area contributed by atoms with Gasteiger partial charge in [0.2, 0.25) is 5.91 Å². The highest BCUT2D eigenvalue weighted by molar-refractivity contribution is 9.09. The molecule has 0 atom stereocenters. The Balaban J connectivity index is 2.66. The van der Waals surface area contributed by atoms with Gasteiger partial charge in [-0.05, 0) is 12.8 Å². The van der Waals surface area contributed by atoms with Crippen molar-refractivity contribution in [3.8, 4) is 0 Å².